The Morgan fingerprint density at radius 1 is 1.07 bits per heavy atom. The Hall–Kier alpha value is -2.28. The molecule has 1 saturated carbocycles. The summed E-state index contributed by atoms with van der Waals surface area (Å²) in [4.78, 5) is 29.0. The monoisotopic (exact) mass is 375 g/mol. The van der Waals surface area contributed by atoms with Gasteiger partial charge in [0.25, 0.3) is 0 Å². The van der Waals surface area contributed by atoms with Crippen molar-refractivity contribution in [3.63, 3.8) is 0 Å². The third-order valence-electron chi connectivity index (χ3n) is 5.42. The molecule has 2 atom stereocenters. The van der Waals surface area contributed by atoms with Gasteiger partial charge in [-0.05, 0) is 37.6 Å². The third kappa shape index (κ3) is 4.71. The Labute approximate surface area is 160 Å². The number of methoxy groups -OCH3 is 2. The maximum Gasteiger partial charge on any atom is 0.226 e. The molecule has 1 aromatic rings. The SMILES string of the molecule is COc1ccc(CCNC(=O)C2CC2C(=O)N2CCN(C)CC2)cc1OC. The molecule has 0 radical (unpaired) electrons. The van der Waals surface area contributed by atoms with E-state index >= 15 is 0 Å². The predicted octanol–water partition coefficient (Wildman–Crippen LogP) is 0.773. The van der Waals surface area contributed by atoms with E-state index in [9.17, 15) is 9.59 Å². The Kier molecular flexibility index (Phi) is 6.21. The Morgan fingerprint density at radius 3 is 2.44 bits per heavy atom. The molecule has 27 heavy (non-hydrogen) atoms. The van der Waals surface area contributed by atoms with Crippen LogP contribution >= 0.6 is 0 Å². The summed E-state index contributed by atoms with van der Waals surface area (Å²) in [7, 11) is 5.27. The van der Waals surface area contributed by atoms with Crippen molar-refractivity contribution in [2.24, 2.45) is 11.8 Å². The highest BCUT2D eigenvalue weighted by atomic mass is 16.5. The van der Waals surface area contributed by atoms with Crippen molar-refractivity contribution in [3.8, 4) is 11.5 Å². The van der Waals surface area contributed by atoms with E-state index in [1.807, 2.05) is 23.1 Å². The van der Waals surface area contributed by atoms with E-state index in [1.165, 1.54) is 0 Å². The van der Waals surface area contributed by atoms with Crippen LogP contribution in [0.3, 0.4) is 0 Å². The quantitative estimate of drug-likeness (QED) is 0.762. The summed E-state index contributed by atoms with van der Waals surface area (Å²) in [6.07, 6.45) is 1.38. The smallest absolute Gasteiger partial charge is 0.226 e. The lowest BCUT2D eigenvalue weighted by atomic mass is 10.1. The molecular weight excluding hydrogens is 346 g/mol. The van der Waals surface area contributed by atoms with Crippen molar-refractivity contribution in [1.82, 2.24) is 15.1 Å². The van der Waals surface area contributed by atoms with Crippen LogP contribution in [0.4, 0.5) is 0 Å². The van der Waals surface area contributed by atoms with Gasteiger partial charge in [-0.3, -0.25) is 9.59 Å². The Bertz CT molecular complexity index is 686. The number of carbonyl (C=O) groups excluding carboxylic acids is 2. The van der Waals surface area contributed by atoms with E-state index < -0.39 is 0 Å². The maximum absolute atomic E-state index is 12.5. The van der Waals surface area contributed by atoms with E-state index in [0.29, 0.717) is 30.9 Å². The fraction of sp³-hybridized carbons (Fsp3) is 0.600. The number of nitrogens with one attached hydrogen (secondary N) is 1. The number of nitrogens with zero attached hydrogens (tertiary/aromatic N) is 2. The molecular formula is C20H29N3O4. The minimum Gasteiger partial charge on any atom is -0.493 e. The molecule has 2 amide bonds. The van der Waals surface area contributed by atoms with Gasteiger partial charge in [-0.1, -0.05) is 6.07 Å². The lowest BCUT2D eigenvalue weighted by Gasteiger charge is -2.32. The highest BCUT2D eigenvalue weighted by Crippen LogP contribution is 2.40. The molecule has 1 heterocycles. The summed E-state index contributed by atoms with van der Waals surface area (Å²) < 4.78 is 10.5. The first-order valence-electron chi connectivity index (χ1n) is 9.49. The molecule has 7 heteroatoms. The second kappa shape index (κ2) is 8.61. The molecule has 0 aromatic heterocycles. The van der Waals surface area contributed by atoms with Gasteiger partial charge in [0.1, 0.15) is 0 Å². The predicted molar refractivity (Wildman–Crippen MR) is 102 cm³/mol. The van der Waals surface area contributed by atoms with Gasteiger partial charge in [-0.2, -0.15) is 0 Å². The Morgan fingerprint density at radius 2 is 1.78 bits per heavy atom. The summed E-state index contributed by atoms with van der Waals surface area (Å²) in [5, 5.41) is 2.96. The van der Waals surface area contributed by atoms with Crippen molar-refractivity contribution in [2.75, 3.05) is 54.0 Å². The van der Waals surface area contributed by atoms with E-state index in [-0.39, 0.29) is 23.7 Å². The van der Waals surface area contributed by atoms with Crippen LogP contribution in [0.2, 0.25) is 0 Å². The van der Waals surface area contributed by atoms with Crippen LogP contribution in [0.1, 0.15) is 12.0 Å². The summed E-state index contributed by atoms with van der Waals surface area (Å²) in [6.45, 7) is 3.88. The van der Waals surface area contributed by atoms with Gasteiger partial charge in [0.2, 0.25) is 11.8 Å². The zero-order chi connectivity index (χ0) is 19.4. The van der Waals surface area contributed by atoms with Crippen molar-refractivity contribution >= 4 is 11.8 Å². The van der Waals surface area contributed by atoms with Gasteiger partial charge in [0.05, 0.1) is 26.1 Å². The second-order valence-corrected chi connectivity index (χ2v) is 7.31. The fourth-order valence-electron chi connectivity index (χ4n) is 3.52. The normalized spacial score (nSPS) is 22.3. The molecule has 1 N–H and O–H groups in total. The van der Waals surface area contributed by atoms with Gasteiger partial charge in [-0.25, -0.2) is 0 Å². The Balaban J connectivity index is 1.42. The third-order valence-corrected chi connectivity index (χ3v) is 5.42. The summed E-state index contributed by atoms with van der Waals surface area (Å²) in [6, 6.07) is 5.74. The van der Waals surface area contributed by atoms with Crippen LogP contribution < -0.4 is 14.8 Å². The lowest BCUT2D eigenvalue weighted by Crippen LogP contribution is -2.48. The molecule has 2 aliphatic rings. The number of benzene rings is 1. The fourth-order valence-corrected chi connectivity index (χ4v) is 3.52. The number of rotatable bonds is 7. The number of piperazine rings is 1. The number of amides is 2. The van der Waals surface area contributed by atoms with E-state index in [0.717, 1.165) is 31.7 Å². The number of likely N-dealkylation sites (N-methyl/N-ethyl adjacent to an activating group) is 1. The molecule has 2 fully saturated rings. The van der Waals surface area contributed by atoms with Gasteiger partial charge < -0.3 is 24.6 Å². The van der Waals surface area contributed by atoms with Crippen LogP contribution in [0, 0.1) is 11.8 Å². The molecule has 3 rings (SSSR count). The maximum atomic E-state index is 12.5. The topological polar surface area (TPSA) is 71.1 Å². The second-order valence-electron chi connectivity index (χ2n) is 7.31. The van der Waals surface area contributed by atoms with Crippen molar-refractivity contribution in [1.29, 1.82) is 0 Å². The number of carbonyl (C=O) groups is 2. The molecule has 1 aliphatic heterocycles. The van der Waals surface area contributed by atoms with Crippen LogP contribution in [-0.2, 0) is 16.0 Å². The summed E-state index contributed by atoms with van der Waals surface area (Å²) in [5.74, 6) is 1.21. The molecule has 0 spiro atoms. The minimum atomic E-state index is -0.164. The standard InChI is InChI=1S/C20H29N3O4/c1-22-8-10-23(11-9-22)20(25)16-13-15(16)19(24)21-7-6-14-4-5-17(26-2)18(12-14)27-3/h4-5,12,15-16H,6-11,13H2,1-3H3,(H,21,24). The lowest BCUT2D eigenvalue weighted by molar-refractivity contribution is -0.136. The molecule has 1 saturated heterocycles. The number of hydrogen-bond acceptors (Lipinski definition) is 5. The molecule has 0 bridgehead atoms. The van der Waals surface area contributed by atoms with Crippen LogP contribution in [-0.4, -0.2) is 75.6 Å². The van der Waals surface area contributed by atoms with Gasteiger partial charge in [0.15, 0.2) is 11.5 Å². The zero-order valence-corrected chi connectivity index (χ0v) is 16.4. The van der Waals surface area contributed by atoms with Gasteiger partial charge in [0, 0.05) is 32.7 Å². The summed E-state index contributed by atoms with van der Waals surface area (Å²) >= 11 is 0. The first kappa shape index (κ1) is 19.5. The minimum absolute atomic E-state index is 0.0112. The first-order valence-corrected chi connectivity index (χ1v) is 9.49. The highest BCUT2D eigenvalue weighted by molar-refractivity contribution is 5.92. The van der Waals surface area contributed by atoms with Gasteiger partial charge in [-0.15, -0.1) is 0 Å². The number of ether oxygens (including phenoxy) is 2. The summed E-state index contributed by atoms with van der Waals surface area (Å²) in [5.41, 5.74) is 1.06. The largest absolute Gasteiger partial charge is 0.493 e. The molecule has 1 aromatic carbocycles. The van der Waals surface area contributed by atoms with Crippen LogP contribution in [0.5, 0.6) is 11.5 Å². The number of hydrogen-bond donors (Lipinski definition) is 1. The molecule has 1 aliphatic carbocycles. The molecule has 2 unspecified atom stereocenters. The van der Waals surface area contributed by atoms with E-state index in [2.05, 4.69) is 17.3 Å². The molecule has 148 valence electrons. The van der Waals surface area contributed by atoms with Crippen LogP contribution in [0.25, 0.3) is 0 Å². The zero-order valence-electron chi connectivity index (χ0n) is 16.4. The average Bonchev–Trinajstić information content (AvgIpc) is 3.48. The average molecular weight is 375 g/mol. The molecule has 7 nitrogen and oxygen atoms in total. The van der Waals surface area contributed by atoms with Crippen LogP contribution in [0.15, 0.2) is 18.2 Å². The van der Waals surface area contributed by atoms with Crippen molar-refractivity contribution in [3.05, 3.63) is 23.8 Å². The van der Waals surface area contributed by atoms with Crippen molar-refractivity contribution in [2.45, 2.75) is 12.8 Å². The van der Waals surface area contributed by atoms with Gasteiger partial charge >= 0.3 is 0 Å². The van der Waals surface area contributed by atoms with E-state index in [4.69, 9.17) is 9.47 Å². The van der Waals surface area contributed by atoms with Crippen molar-refractivity contribution < 1.29 is 19.1 Å². The highest BCUT2D eigenvalue weighted by Gasteiger charge is 2.49. The first-order chi connectivity index (χ1) is 13.0. The van der Waals surface area contributed by atoms with E-state index in [1.54, 1.807) is 14.2 Å².